The summed E-state index contributed by atoms with van der Waals surface area (Å²) in [6.45, 7) is 23.6. The molecule has 0 aliphatic carbocycles. The zero-order chi connectivity index (χ0) is 34.3. The summed E-state index contributed by atoms with van der Waals surface area (Å²) < 4.78 is 24.8. The van der Waals surface area contributed by atoms with Crippen molar-refractivity contribution in [2.75, 3.05) is 13.2 Å². The van der Waals surface area contributed by atoms with Crippen molar-refractivity contribution >= 4 is 36.8 Å². The number of rotatable bonds is 22. The van der Waals surface area contributed by atoms with E-state index in [0.717, 1.165) is 49.3 Å². The van der Waals surface area contributed by atoms with Gasteiger partial charge in [-0.1, -0.05) is 76.3 Å². The van der Waals surface area contributed by atoms with E-state index in [0.29, 0.717) is 49.6 Å². The van der Waals surface area contributed by atoms with E-state index >= 15 is 0 Å². The van der Waals surface area contributed by atoms with Gasteiger partial charge in [0.2, 0.25) is 0 Å². The second kappa shape index (κ2) is 19.2. The number of carbonyl (C=O) groups is 2. The third-order valence-corrected chi connectivity index (χ3v) is 11.0. The van der Waals surface area contributed by atoms with Crippen LogP contribution in [0.2, 0.25) is 25.7 Å². The number of carbonyl (C=O) groups excluding carboxylic acids is 2. The van der Waals surface area contributed by atoms with Crippen LogP contribution in [-0.4, -0.2) is 51.4 Å². The lowest BCUT2D eigenvalue weighted by Crippen LogP contribution is -2.37. The van der Waals surface area contributed by atoms with Crippen LogP contribution in [0.5, 0.6) is 0 Å². The smallest absolute Gasteiger partial charge is 0.271 e. The first-order valence-electron chi connectivity index (χ1n) is 16.7. The Kier molecular flexibility index (Phi) is 16.5. The maximum atomic E-state index is 13.9. The summed E-state index contributed by atoms with van der Waals surface area (Å²) in [4.78, 5) is 30.8. The van der Waals surface area contributed by atoms with Crippen molar-refractivity contribution in [3.05, 3.63) is 60.5 Å². The van der Waals surface area contributed by atoms with Crippen molar-refractivity contribution in [2.45, 2.75) is 122 Å². The van der Waals surface area contributed by atoms with E-state index in [1.165, 1.54) is 0 Å². The maximum absolute atomic E-state index is 13.9. The molecule has 1 heterocycles. The van der Waals surface area contributed by atoms with Gasteiger partial charge in [0.1, 0.15) is 18.3 Å². The molecule has 2 N–H and O–H groups in total. The summed E-state index contributed by atoms with van der Waals surface area (Å²) in [5.74, 6) is 0.603. The molecule has 46 heavy (non-hydrogen) atoms. The first kappa shape index (κ1) is 39.5. The van der Waals surface area contributed by atoms with Crippen molar-refractivity contribution in [3.63, 3.8) is 0 Å². The van der Waals surface area contributed by atoms with Crippen LogP contribution in [0.1, 0.15) is 107 Å². The molecular formula is C36H58N4O4SSi. The van der Waals surface area contributed by atoms with Gasteiger partial charge in [0, 0.05) is 39.6 Å². The summed E-state index contributed by atoms with van der Waals surface area (Å²) in [5, 5.41) is 3.05. The van der Waals surface area contributed by atoms with Crippen LogP contribution in [0.25, 0.3) is 17.5 Å². The van der Waals surface area contributed by atoms with Crippen molar-refractivity contribution in [1.29, 1.82) is 0 Å². The summed E-state index contributed by atoms with van der Waals surface area (Å²) in [5.41, 5.74) is 2.74. The minimum atomic E-state index is -1.42. The topological polar surface area (TPSA) is 102 Å². The van der Waals surface area contributed by atoms with E-state index in [1.807, 2.05) is 62.6 Å². The molecule has 1 aromatic heterocycles. The lowest BCUT2D eigenvalue weighted by Gasteiger charge is -2.26. The second-order valence-electron chi connectivity index (χ2n) is 14.0. The second-order valence-corrected chi connectivity index (χ2v) is 21.6. The number of allylic oxidation sites excluding steroid dienone is 1. The van der Waals surface area contributed by atoms with Gasteiger partial charge >= 0.3 is 0 Å². The Morgan fingerprint density at radius 3 is 2.50 bits per heavy atom. The predicted octanol–water partition coefficient (Wildman–Crippen LogP) is 8.22. The number of Topliss-reactive ketones (excluding diaryl/α,β-unsaturated/α-hetero) is 1. The van der Waals surface area contributed by atoms with Crippen molar-refractivity contribution in [3.8, 4) is 11.4 Å². The summed E-state index contributed by atoms with van der Waals surface area (Å²) >= 11 is 0. The Hall–Kier alpha value is -2.66. The number of hydrogen-bond donors (Lipinski definition) is 2. The molecule has 0 spiro atoms. The molecule has 0 fully saturated rings. The zero-order valence-corrected chi connectivity index (χ0v) is 31.2. The molecule has 0 radical (unpaired) electrons. The van der Waals surface area contributed by atoms with Crippen molar-refractivity contribution in [2.24, 2.45) is 0 Å². The number of amides is 1. The molecule has 256 valence electrons. The van der Waals surface area contributed by atoms with Crippen LogP contribution < -0.4 is 10.0 Å². The fraction of sp³-hybridized carbons (Fsp3) is 0.583. The molecule has 0 bridgehead atoms. The number of benzene rings is 1. The molecule has 10 heteroatoms. The largest absolute Gasteiger partial charge is 0.361 e. The minimum Gasteiger partial charge on any atom is -0.361 e. The van der Waals surface area contributed by atoms with Gasteiger partial charge in [-0.3, -0.25) is 9.59 Å². The number of nitrogens with one attached hydrogen (secondary N) is 2. The minimum absolute atomic E-state index is 0.204. The first-order valence-corrected chi connectivity index (χ1v) is 21.6. The van der Waals surface area contributed by atoms with E-state index in [4.69, 9.17) is 9.72 Å². The van der Waals surface area contributed by atoms with Gasteiger partial charge in [0.15, 0.2) is 5.69 Å². The highest BCUT2D eigenvalue weighted by molar-refractivity contribution is 7.84. The Balaban J connectivity index is 2.68. The van der Waals surface area contributed by atoms with E-state index < -0.39 is 29.8 Å². The lowest BCUT2D eigenvalue weighted by atomic mass is 10.0. The average Bonchev–Trinajstić information content (AvgIpc) is 3.38. The van der Waals surface area contributed by atoms with Gasteiger partial charge in [0.25, 0.3) is 5.91 Å². The summed E-state index contributed by atoms with van der Waals surface area (Å²) in [6.07, 6.45) is 9.36. The fourth-order valence-electron chi connectivity index (χ4n) is 4.79. The molecule has 8 nitrogen and oxygen atoms in total. The average molecular weight is 671 g/mol. The Morgan fingerprint density at radius 1 is 1.13 bits per heavy atom. The van der Waals surface area contributed by atoms with Crippen LogP contribution in [0, 0.1) is 0 Å². The molecule has 0 unspecified atom stereocenters. The van der Waals surface area contributed by atoms with Crippen molar-refractivity contribution in [1.82, 2.24) is 19.6 Å². The van der Waals surface area contributed by atoms with Crippen molar-refractivity contribution < 1.29 is 18.5 Å². The highest BCUT2D eigenvalue weighted by Gasteiger charge is 2.32. The summed E-state index contributed by atoms with van der Waals surface area (Å²) in [7, 11) is -2.76. The van der Waals surface area contributed by atoms with Gasteiger partial charge in [-0.05, 0) is 64.1 Å². The van der Waals surface area contributed by atoms with Crippen LogP contribution >= 0.6 is 0 Å². The van der Waals surface area contributed by atoms with Gasteiger partial charge < -0.3 is 14.6 Å². The summed E-state index contributed by atoms with van der Waals surface area (Å²) in [6, 6.07) is 8.46. The number of ketones is 1. The van der Waals surface area contributed by atoms with E-state index in [-0.39, 0.29) is 18.4 Å². The Morgan fingerprint density at radius 2 is 1.87 bits per heavy atom. The predicted molar refractivity (Wildman–Crippen MR) is 196 cm³/mol. The molecule has 1 aromatic carbocycles. The molecule has 2 rings (SSSR count). The third-order valence-electron chi connectivity index (χ3n) is 7.67. The van der Waals surface area contributed by atoms with Crippen LogP contribution in [-0.2, 0) is 27.2 Å². The molecule has 1 amide bonds. The highest BCUT2D eigenvalue weighted by atomic mass is 32.2. The highest BCUT2D eigenvalue weighted by Crippen LogP contribution is 2.32. The number of hydrogen-bond acceptors (Lipinski definition) is 5. The molecule has 2 atom stereocenters. The number of nitrogens with zero attached hydrogens (tertiary/aromatic N) is 2. The monoisotopic (exact) mass is 670 g/mol. The van der Waals surface area contributed by atoms with Crippen LogP contribution in [0.3, 0.4) is 0 Å². The van der Waals surface area contributed by atoms with E-state index in [9.17, 15) is 13.8 Å². The number of imidazole rings is 1. The quantitative estimate of drug-likeness (QED) is 0.0747. The molecule has 0 aliphatic rings. The van der Waals surface area contributed by atoms with Crippen LogP contribution in [0.4, 0.5) is 0 Å². The van der Waals surface area contributed by atoms with Gasteiger partial charge in [-0.25, -0.2) is 13.9 Å². The molecule has 0 saturated heterocycles. The number of unbranched alkanes of at least 4 members (excludes halogenated alkanes) is 3. The van der Waals surface area contributed by atoms with Gasteiger partial charge in [0.05, 0.1) is 27.5 Å². The Labute approximate surface area is 281 Å². The van der Waals surface area contributed by atoms with Gasteiger partial charge in [-0.2, -0.15) is 0 Å². The number of ether oxygens (including phenoxy) is 1. The molecule has 0 saturated carbocycles. The number of aromatic nitrogens is 2. The normalized spacial score (nSPS) is 13.3. The van der Waals surface area contributed by atoms with Gasteiger partial charge in [-0.15, -0.1) is 6.58 Å². The molecule has 0 aliphatic heterocycles. The van der Waals surface area contributed by atoms with Crippen LogP contribution in [0.15, 0.2) is 43.5 Å². The Bertz CT molecular complexity index is 1330. The van der Waals surface area contributed by atoms with E-state index in [1.54, 1.807) is 6.08 Å². The SMILES string of the molecule is C=CCCCNC(=O)c1nc(-c2cccc(C=C)c2)n(COCC[Si](C)(C)C)c1[C@H](CCCCCC(=O)CC)N[S@](=O)C(C)(C)C. The third kappa shape index (κ3) is 13.2. The standard InChI is InChI=1S/C36H58N4O4SSi/c1-10-13-17-23-37-35(42)32-33(31(39-45(43)36(4,5)6)22-16-14-15-21-30(41)12-3)40(27-44-24-25-46(7,8)9)34(38-32)29-20-18-19-28(11-2)26-29/h10-11,18-20,26,31,39H,1-2,12-17,21-25,27H2,3-9H3,(H,37,42)/t31-,45+/m0/s1. The first-order chi connectivity index (χ1) is 21.7. The molecule has 2 aromatic rings. The zero-order valence-electron chi connectivity index (χ0n) is 29.4. The lowest BCUT2D eigenvalue weighted by molar-refractivity contribution is -0.118. The van der Waals surface area contributed by atoms with E-state index in [2.05, 4.69) is 42.8 Å². The fourth-order valence-corrected chi connectivity index (χ4v) is 6.39. The molecular weight excluding hydrogens is 613 g/mol. The maximum Gasteiger partial charge on any atom is 0.271 e.